The van der Waals surface area contributed by atoms with E-state index in [-0.39, 0.29) is 16.8 Å². The van der Waals surface area contributed by atoms with E-state index in [1.54, 1.807) is 6.07 Å². The standard InChI is InChI=1S/C9H14N4O3S/c10-12-9-8(2-1-4-11-9)17(14,15)13-7-3-5-16-6-7/h1-2,4,7,13H,3,5-6,10H2,(H,11,12). The summed E-state index contributed by atoms with van der Waals surface area (Å²) in [5, 5.41) is 0. The predicted octanol–water partition coefficient (Wildman–Crippen LogP) is -0.566. The molecule has 1 aliphatic heterocycles. The quantitative estimate of drug-likeness (QED) is 0.493. The molecule has 2 heterocycles. The van der Waals surface area contributed by atoms with E-state index < -0.39 is 10.0 Å². The topological polar surface area (TPSA) is 106 Å². The Kier molecular flexibility index (Phi) is 3.57. The van der Waals surface area contributed by atoms with E-state index in [0.29, 0.717) is 19.6 Å². The van der Waals surface area contributed by atoms with E-state index >= 15 is 0 Å². The van der Waals surface area contributed by atoms with Crippen LogP contribution in [0.5, 0.6) is 0 Å². The van der Waals surface area contributed by atoms with Gasteiger partial charge in [-0.05, 0) is 18.6 Å². The first-order valence-electron chi connectivity index (χ1n) is 5.15. The highest BCUT2D eigenvalue weighted by Gasteiger charge is 2.25. The molecule has 1 aliphatic rings. The minimum Gasteiger partial charge on any atom is -0.380 e. The molecule has 8 heteroatoms. The van der Waals surface area contributed by atoms with Crippen LogP contribution in [-0.4, -0.2) is 32.7 Å². The number of anilines is 1. The van der Waals surface area contributed by atoms with Crippen LogP contribution in [0.15, 0.2) is 23.2 Å². The van der Waals surface area contributed by atoms with Crippen molar-refractivity contribution >= 4 is 15.8 Å². The van der Waals surface area contributed by atoms with Gasteiger partial charge >= 0.3 is 0 Å². The number of nitrogens with one attached hydrogen (secondary N) is 2. The lowest BCUT2D eigenvalue weighted by Crippen LogP contribution is -2.35. The van der Waals surface area contributed by atoms with Crippen LogP contribution in [0.3, 0.4) is 0 Å². The number of hydrogen-bond donors (Lipinski definition) is 3. The first-order valence-corrected chi connectivity index (χ1v) is 6.63. The van der Waals surface area contributed by atoms with E-state index in [2.05, 4.69) is 15.1 Å². The van der Waals surface area contributed by atoms with E-state index in [9.17, 15) is 8.42 Å². The van der Waals surface area contributed by atoms with Gasteiger partial charge < -0.3 is 10.2 Å². The molecule has 1 fully saturated rings. The number of ether oxygens (including phenoxy) is 1. The summed E-state index contributed by atoms with van der Waals surface area (Å²) in [6.07, 6.45) is 2.14. The number of nitrogens with zero attached hydrogens (tertiary/aromatic N) is 1. The number of rotatable bonds is 4. The number of pyridine rings is 1. The maximum absolute atomic E-state index is 12.1. The van der Waals surface area contributed by atoms with Crippen molar-refractivity contribution in [3.05, 3.63) is 18.3 Å². The number of hydrogen-bond acceptors (Lipinski definition) is 6. The van der Waals surface area contributed by atoms with Crippen LogP contribution in [0.4, 0.5) is 5.82 Å². The average Bonchev–Trinajstić information content (AvgIpc) is 2.81. The molecule has 1 unspecified atom stereocenters. The number of nitrogens with two attached hydrogens (primary N) is 1. The molecule has 0 aromatic carbocycles. The zero-order valence-corrected chi connectivity index (χ0v) is 9.90. The highest BCUT2D eigenvalue weighted by atomic mass is 32.2. The van der Waals surface area contributed by atoms with Gasteiger partial charge in [-0.15, -0.1) is 0 Å². The highest BCUT2D eigenvalue weighted by molar-refractivity contribution is 7.89. The fraction of sp³-hybridized carbons (Fsp3) is 0.444. The van der Waals surface area contributed by atoms with E-state index in [1.165, 1.54) is 12.3 Å². The summed E-state index contributed by atoms with van der Waals surface area (Å²) >= 11 is 0. The lowest BCUT2D eigenvalue weighted by molar-refractivity contribution is 0.192. The monoisotopic (exact) mass is 258 g/mol. The zero-order chi connectivity index (χ0) is 12.3. The van der Waals surface area contributed by atoms with Crippen LogP contribution in [0.2, 0.25) is 0 Å². The van der Waals surface area contributed by atoms with Crippen molar-refractivity contribution in [1.29, 1.82) is 0 Å². The number of aromatic nitrogens is 1. The van der Waals surface area contributed by atoms with Crippen LogP contribution in [0.1, 0.15) is 6.42 Å². The Labute approximate surface area is 99.4 Å². The molecule has 1 atom stereocenters. The maximum atomic E-state index is 12.1. The Bertz CT molecular complexity index is 485. The minimum absolute atomic E-state index is 0.0365. The normalized spacial score (nSPS) is 20.4. The van der Waals surface area contributed by atoms with Gasteiger partial charge in [0.1, 0.15) is 4.90 Å². The van der Waals surface area contributed by atoms with Crippen LogP contribution >= 0.6 is 0 Å². The van der Waals surface area contributed by atoms with Gasteiger partial charge in [0.05, 0.1) is 6.61 Å². The molecule has 0 radical (unpaired) electrons. The Balaban J connectivity index is 2.24. The SMILES string of the molecule is NNc1ncccc1S(=O)(=O)NC1CCOC1. The van der Waals surface area contributed by atoms with Gasteiger partial charge in [-0.3, -0.25) is 0 Å². The fourth-order valence-corrected chi connectivity index (χ4v) is 3.00. The first kappa shape index (κ1) is 12.2. The van der Waals surface area contributed by atoms with Crippen molar-refractivity contribution < 1.29 is 13.2 Å². The highest BCUT2D eigenvalue weighted by Crippen LogP contribution is 2.18. The zero-order valence-electron chi connectivity index (χ0n) is 9.09. The van der Waals surface area contributed by atoms with Crippen molar-refractivity contribution in [2.45, 2.75) is 17.4 Å². The van der Waals surface area contributed by atoms with Gasteiger partial charge in [-0.1, -0.05) is 0 Å². The van der Waals surface area contributed by atoms with Gasteiger partial charge in [0.15, 0.2) is 5.82 Å². The van der Waals surface area contributed by atoms with Crippen molar-refractivity contribution in [3.63, 3.8) is 0 Å². The van der Waals surface area contributed by atoms with Crippen LogP contribution < -0.4 is 16.0 Å². The molecule has 0 spiro atoms. The second-order valence-corrected chi connectivity index (χ2v) is 5.36. The van der Waals surface area contributed by atoms with E-state index in [0.717, 1.165) is 0 Å². The van der Waals surface area contributed by atoms with Crippen molar-refractivity contribution in [3.8, 4) is 0 Å². The van der Waals surface area contributed by atoms with Crippen LogP contribution in [0, 0.1) is 0 Å². The second kappa shape index (κ2) is 4.96. The lowest BCUT2D eigenvalue weighted by Gasteiger charge is -2.13. The summed E-state index contributed by atoms with van der Waals surface area (Å²) < 4.78 is 31.8. The molecule has 0 bridgehead atoms. The van der Waals surface area contributed by atoms with Gasteiger partial charge in [0.2, 0.25) is 10.0 Å². The Hall–Kier alpha value is -1.22. The minimum atomic E-state index is -3.62. The lowest BCUT2D eigenvalue weighted by atomic mass is 10.3. The molecule has 1 aromatic rings. The van der Waals surface area contributed by atoms with Gasteiger partial charge in [0.25, 0.3) is 0 Å². The number of sulfonamides is 1. The van der Waals surface area contributed by atoms with Gasteiger partial charge in [-0.2, -0.15) is 0 Å². The molecule has 94 valence electrons. The molecule has 7 nitrogen and oxygen atoms in total. The van der Waals surface area contributed by atoms with E-state index in [4.69, 9.17) is 10.6 Å². The molecule has 0 amide bonds. The van der Waals surface area contributed by atoms with Crippen LogP contribution in [0.25, 0.3) is 0 Å². The summed E-state index contributed by atoms with van der Waals surface area (Å²) in [6, 6.07) is 2.80. The number of hydrazine groups is 1. The summed E-state index contributed by atoms with van der Waals surface area (Å²) in [5.41, 5.74) is 2.27. The predicted molar refractivity (Wildman–Crippen MR) is 61.6 cm³/mol. The summed E-state index contributed by atoms with van der Waals surface area (Å²) in [5.74, 6) is 5.35. The molecular weight excluding hydrogens is 244 g/mol. The number of nitrogen functional groups attached to an aromatic ring is 1. The average molecular weight is 258 g/mol. The Morgan fingerprint density at radius 2 is 2.35 bits per heavy atom. The van der Waals surface area contributed by atoms with Crippen molar-refractivity contribution in [2.75, 3.05) is 18.6 Å². The van der Waals surface area contributed by atoms with Crippen molar-refractivity contribution in [2.24, 2.45) is 5.84 Å². The third-order valence-electron chi connectivity index (χ3n) is 2.45. The first-order chi connectivity index (χ1) is 8.13. The Morgan fingerprint density at radius 1 is 1.53 bits per heavy atom. The molecule has 1 saturated heterocycles. The fourth-order valence-electron chi connectivity index (χ4n) is 1.63. The summed E-state index contributed by atoms with van der Waals surface area (Å²) in [7, 11) is -3.62. The molecule has 2 rings (SSSR count). The second-order valence-electron chi connectivity index (χ2n) is 3.68. The Morgan fingerprint density at radius 3 is 3.00 bits per heavy atom. The molecule has 0 aliphatic carbocycles. The van der Waals surface area contributed by atoms with Crippen molar-refractivity contribution in [1.82, 2.24) is 9.71 Å². The smallest absolute Gasteiger partial charge is 0.244 e. The third kappa shape index (κ3) is 2.72. The van der Waals surface area contributed by atoms with Gasteiger partial charge in [0, 0.05) is 18.8 Å². The summed E-state index contributed by atoms with van der Waals surface area (Å²) in [4.78, 5) is 3.89. The summed E-state index contributed by atoms with van der Waals surface area (Å²) in [6.45, 7) is 0.965. The molecule has 4 N–H and O–H groups in total. The maximum Gasteiger partial charge on any atom is 0.244 e. The molecule has 0 saturated carbocycles. The van der Waals surface area contributed by atoms with Crippen LogP contribution in [-0.2, 0) is 14.8 Å². The third-order valence-corrected chi connectivity index (χ3v) is 4.00. The molecule has 1 aromatic heterocycles. The molecule has 17 heavy (non-hydrogen) atoms. The van der Waals surface area contributed by atoms with E-state index in [1.807, 2.05) is 0 Å². The van der Waals surface area contributed by atoms with Gasteiger partial charge in [-0.25, -0.2) is 24.0 Å². The molecular formula is C9H14N4O3S. The largest absolute Gasteiger partial charge is 0.380 e.